The summed E-state index contributed by atoms with van der Waals surface area (Å²) in [5.74, 6) is -0.392. The van der Waals surface area contributed by atoms with Gasteiger partial charge >= 0.3 is 0 Å². The molecule has 22 heavy (non-hydrogen) atoms. The van der Waals surface area contributed by atoms with Gasteiger partial charge in [-0.25, -0.2) is 9.37 Å². The highest BCUT2D eigenvalue weighted by Crippen LogP contribution is 2.22. The summed E-state index contributed by atoms with van der Waals surface area (Å²) in [7, 11) is 0. The Labute approximate surface area is 131 Å². The van der Waals surface area contributed by atoms with E-state index in [9.17, 15) is 9.18 Å². The van der Waals surface area contributed by atoms with Gasteiger partial charge in [-0.3, -0.25) is 4.79 Å². The standard InChI is InChI=1S/C15H16FN3O2S/c16-12-4-2-1-3-10(12)7-11-8-18-15(22-11)19-14(20)13-9-21-6-5-17-13/h1-4,8,13,17H,5-7,9H2,(H,18,19,20). The molecule has 1 fully saturated rings. The summed E-state index contributed by atoms with van der Waals surface area (Å²) < 4.78 is 18.9. The number of carbonyl (C=O) groups excluding carboxylic acids is 1. The zero-order valence-electron chi connectivity index (χ0n) is 11.8. The predicted octanol–water partition coefficient (Wildman–Crippen LogP) is 1.80. The van der Waals surface area contributed by atoms with Gasteiger partial charge in [0.1, 0.15) is 11.9 Å². The Hall–Kier alpha value is -1.83. The van der Waals surface area contributed by atoms with E-state index in [1.807, 2.05) is 0 Å². The number of benzene rings is 1. The molecule has 1 aliphatic rings. The van der Waals surface area contributed by atoms with E-state index in [0.717, 1.165) is 4.88 Å². The van der Waals surface area contributed by atoms with E-state index in [1.54, 1.807) is 24.4 Å². The molecule has 7 heteroatoms. The monoisotopic (exact) mass is 321 g/mol. The van der Waals surface area contributed by atoms with Gasteiger partial charge in [-0.2, -0.15) is 0 Å². The number of rotatable bonds is 4. The summed E-state index contributed by atoms with van der Waals surface area (Å²) >= 11 is 1.35. The van der Waals surface area contributed by atoms with Crippen molar-refractivity contribution in [3.63, 3.8) is 0 Å². The van der Waals surface area contributed by atoms with Crippen LogP contribution in [0.2, 0.25) is 0 Å². The summed E-state index contributed by atoms with van der Waals surface area (Å²) in [6.45, 7) is 1.64. The van der Waals surface area contributed by atoms with Gasteiger partial charge < -0.3 is 15.4 Å². The molecule has 1 atom stereocenters. The lowest BCUT2D eigenvalue weighted by molar-refractivity contribution is -0.120. The van der Waals surface area contributed by atoms with Crippen LogP contribution in [0.1, 0.15) is 10.4 Å². The van der Waals surface area contributed by atoms with Crippen molar-refractivity contribution in [2.45, 2.75) is 12.5 Å². The lowest BCUT2D eigenvalue weighted by atomic mass is 10.1. The van der Waals surface area contributed by atoms with Crippen LogP contribution in [0.4, 0.5) is 9.52 Å². The van der Waals surface area contributed by atoms with Gasteiger partial charge in [-0.1, -0.05) is 18.2 Å². The number of halogens is 1. The van der Waals surface area contributed by atoms with E-state index >= 15 is 0 Å². The van der Waals surface area contributed by atoms with Crippen molar-refractivity contribution >= 4 is 22.4 Å². The van der Waals surface area contributed by atoms with Crippen molar-refractivity contribution in [3.05, 3.63) is 46.7 Å². The summed E-state index contributed by atoms with van der Waals surface area (Å²) in [6.07, 6.45) is 2.13. The fraction of sp³-hybridized carbons (Fsp3) is 0.333. The third kappa shape index (κ3) is 3.68. The van der Waals surface area contributed by atoms with Gasteiger partial charge in [0, 0.05) is 24.0 Å². The van der Waals surface area contributed by atoms with Crippen molar-refractivity contribution in [2.24, 2.45) is 0 Å². The Bertz CT molecular complexity index is 656. The van der Waals surface area contributed by atoms with Crippen LogP contribution in [-0.4, -0.2) is 36.7 Å². The van der Waals surface area contributed by atoms with Crippen molar-refractivity contribution < 1.29 is 13.9 Å². The molecule has 1 aromatic heterocycles. The Morgan fingerprint density at radius 3 is 3.14 bits per heavy atom. The molecule has 3 rings (SSSR count). The quantitative estimate of drug-likeness (QED) is 0.901. The lowest BCUT2D eigenvalue weighted by Gasteiger charge is -2.22. The number of aromatic nitrogens is 1. The number of ether oxygens (including phenoxy) is 1. The van der Waals surface area contributed by atoms with Gasteiger partial charge in [-0.15, -0.1) is 11.3 Å². The largest absolute Gasteiger partial charge is 0.378 e. The van der Waals surface area contributed by atoms with Crippen molar-refractivity contribution in [1.29, 1.82) is 0 Å². The normalized spacial score (nSPS) is 18.1. The highest BCUT2D eigenvalue weighted by atomic mass is 32.1. The number of thiazole rings is 1. The van der Waals surface area contributed by atoms with Gasteiger partial charge in [0.2, 0.25) is 5.91 Å². The van der Waals surface area contributed by atoms with Crippen LogP contribution in [0.5, 0.6) is 0 Å². The molecule has 116 valence electrons. The number of hydrogen-bond donors (Lipinski definition) is 2. The number of nitrogens with zero attached hydrogens (tertiary/aromatic N) is 1. The molecule has 1 saturated heterocycles. The van der Waals surface area contributed by atoms with E-state index < -0.39 is 0 Å². The van der Waals surface area contributed by atoms with Crippen LogP contribution in [0, 0.1) is 5.82 Å². The third-order valence-electron chi connectivity index (χ3n) is 3.34. The summed E-state index contributed by atoms with van der Waals surface area (Å²) in [5, 5.41) is 6.37. The second kappa shape index (κ2) is 6.95. The average Bonchev–Trinajstić information content (AvgIpc) is 2.97. The molecule has 1 amide bonds. The molecule has 0 aliphatic carbocycles. The van der Waals surface area contributed by atoms with E-state index in [1.165, 1.54) is 17.4 Å². The van der Waals surface area contributed by atoms with Gasteiger partial charge in [0.25, 0.3) is 0 Å². The Kier molecular flexibility index (Phi) is 4.77. The van der Waals surface area contributed by atoms with Crippen molar-refractivity contribution in [2.75, 3.05) is 25.1 Å². The first-order valence-electron chi connectivity index (χ1n) is 7.02. The molecule has 5 nitrogen and oxygen atoms in total. The highest BCUT2D eigenvalue weighted by Gasteiger charge is 2.22. The van der Waals surface area contributed by atoms with Crippen molar-refractivity contribution in [1.82, 2.24) is 10.3 Å². The molecule has 2 aromatic rings. The second-order valence-corrected chi connectivity index (χ2v) is 6.09. The predicted molar refractivity (Wildman–Crippen MR) is 82.6 cm³/mol. The molecule has 1 aliphatic heterocycles. The Morgan fingerprint density at radius 1 is 1.50 bits per heavy atom. The number of morpholine rings is 1. The van der Waals surface area contributed by atoms with Crippen LogP contribution >= 0.6 is 11.3 Å². The third-order valence-corrected chi connectivity index (χ3v) is 4.26. The molecule has 2 heterocycles. The number of nitrogens with one attached hydrogen (secondary N) is 2. The summed E-state index contributed by atoms with van der Waals surface area (Å²) in [6, 6.07) is 6.30. The highest BCUT2D eigenvalue weighted by molar-refractivity contribution is 7.15. The van der Waals surface area contributed by atoms with Crippen LogP contribution in [0.3, 0.4) is 0 Å². The van der Waals surface area contributed by atoms with Crippen LogP contribution in [0.25, 0.3) is 0 Å². The van der Waals surface area contributed by atoms with Crippen LogP contribution in [0.15, 0.2) is 30.5 Å². The minimum Gasteiger partial charge on any atom is -0.378 e. The molecular formula is C15H16FN3O2S. The minimum atomic E-state index is -0.354. The topological polar surface area (TPSA) is 63.2 Å². The van der Waals surface area contributed by atoms with Crippen LogP contribution in [-0.2, 0) is 16.0 Å². The average molecular weight is 321 g/mol. The van der Waals surface area contributed by atoms with E-state index in [4.69, 9.17) is 4.74 Å². The molecule has 0 radical (unpaired) electrons. The first kappa shape index (κ1) is 15.1. The molecule has 0 bridgehead atoms. The van der Waals surface area contributed by atoms with Crippen LogP contribution < -0.4 is 10.6 Å². The fourth-order valence-electron chi connectivity index (χ4n) is 2.20. The number of hydrogen-bond acceptors (Lipinski definition) is 5. The van der Waals surface area contributed by atoms with Gasteiger partial charge in [0.05, 0.1) is 13.2 Å². The number of amides is 1. The molecule has 0 saturated carbocycles. The first-order chi connectivity index (χ1) is 10.7. The van der Waals surface area contributed by atoms with E-state index in [2.05, 4.69) is 15.6 Å². The van der Waals surface area contributed by atoms with Crippen molar-refractivity contribution in [3.8, 4) is 0 Å². The summed E-state index contributed by atoms with van der Waals surface area (Å²) in [4.78, 5) is 17.1. The van der Waals surface area contributed by atoms with E-state index in [0.29, 0.717) is 36.9 Å². The smallest absolute Gasteiger partial charge is 0.245 e. The molecule has 1 unspecified atom stereocenters. The number of carbonyl (C=O) groups is 1. The first-order valence-corrected chi connectivity index (χ1v) is 7.84. The maximum Gasteiger partial charge on any atom is 0.245 e. The SMILES string of the molecule is O=C(Nc1ncc(Cc2ccccc2F)s1)C1COCCN1. The fourth-order valence-corrected chi connectivity index (χ4v) is 3.04. The molecule has 2 N–H and O–H groups in total. The molecular weight excluding hydrogens is 305 g/mol. The zero-order chi connectivity index (χ0) is 15.4. The Balaban J connectivity index is 1.61. The zero-order valence-corrected chi connectivity index (χ0v) is 12.7. The maximum absolute atomic E-state index is 13.6. The second-order valence-electron chi connectivity index (χ2n) is 4.97. The minimum absolute atomic E-state index is 0.161. The maximum atomic E-state index is 13.6. The Morgan fingerprint density at radius 2 is 2.36 bits per heavy atom. The summed E-state index contributed by atoms with van der Waals surface area (Å²) in [5.41, 5.74) is 0.617. The number of anilines is 1. The molecule has 1 aromatic carbocycles. The van der Waals surface area contributed by atoms with Gasteiger partial charge in [-0.05, 0) is 11.6 Å². The van der Waals surface area contributed by atoms with E-state index in [-0.39, 0.29) is 17.8 Å². The molecule has 0 spiro atoms. The lowest BCUT2D eigenvalue weighted by Crippen LogP contribution is -2.48. The van der Waals surface area contributed by atoms with Gasteiger partial charge in [0.15, 0.2) is 5.13 Å².